The van der Waals surface area contributed by atoms with E-state index in [9.17, 15) is 4.79 Å². The third-order valence-electron chi connectivity index (χ3n) is 5.97. The molecule has 0 saturated heterocycles. The highest BCUT2D eigenvalue weighted by atomic mass is 16.2. The lowest BCUT2D eigenvalue weighted by atomic mass is 10.1. The van der Waals surface area contributed by atoms with E-state index >= 15 is 0 Å². The van der Waals surface area contributed by atoms with Crippen LogP contribution in [0.1, 0.15) is 34.4 Å². The van der Waals surface area contributed by atoms with Crippen molar-refractivity contribution in [2.45, 2.75) is 39.9 Å². The fourth-order valence-corrected chi connectivity index (χ4v) is 4.19. The molecule has 170 valence electrons. The van der Waals surface area contributed by atoms with Crippen LogP contribution in [0.2, 0.25) is 0 Å². The van der Waals surface area contributed by atoms with E-state index in [0.29, 0.717) is 24.7 Å². The molecule has 1 aliphatic rings. The third-order valence-corrected chi connectivity index (χ3v) is 5.97. The van der Waals surface area contributed by atoms with Gasteiger partial charge in [-0.15, -0.1) is 0 Å². The number of hydrogen-bond acceptors (Lipinski definition) is 7. The molecular formula is C22H26N10O. The minimum absolute atomic E-state index is 0.0232. The Morgan fingerprint density at radius 1 is 1.21 bits per heavy atom. The Labute approximate surface area is 191 Å². The van der Waals surface area contributed by atoms with E-state index in [-0.39, 0.29) is 11.9 Å². The first-order chi connectivity index (χ1) is 15.8. The first-order valence-electron chi connectivity index (χ1n) is 10.8. The Balaban J connectivity index is 1.45. The van der Waals surface area contributed by atoms with Crippen molar-refractivity contribution in [3.63, 3.8) is 0 Å². The fraction of sp³-hybridized carbons (Fsp3) is 0.364. The SMILES string of the molecule is Cc1cnc(Nc2ccnn2C)nc1-c1cc2n(c1)CC(C)N(Cc1nn(C)nc1C)C2=O. The molecule has 4 aromatic heterocycles. The minimum atomic E-state index is -0.0232. The van der Waals surface area contributed by atoms with E-state index < -0.39 is 0 Å². The Hall–Kier alpha value is -4.02. The van der Waals surface area contributed by atoms with Gasteiger partial charge in [0.1, 0.15) is 17.2 Å². The average Bonchev–Trinajstić information content (AvgIpc) is 3.45. The van der Waals surface area contributed by atoms with E-state index in [1.54, 1.807) is 28.9 Å². The van der Waals surface area contributed by atoms with Crippen LogP contribution in [0, 0.1) is 13.8 Å². The molecule has 0 spiro atoms. The van der Waals surface area contributed by atoms with E-state index in [1.807, 2.05) is 48.7 Å². The summed E-state index contributed by atoms with van der Waals surface area (Å²) in [5.74, 6) is 1.24. The molecule has 0 aliphatic carbocycles. The van der Waals surface area contributed by atoms with Crippen LogP contribution in [-0.4, -0.2) is 56.2 Å². The number of anilines is 2. The van der Waals surface area contributed by atoms with Gasteiger partial charge in [-0.25, -0.2) is 9.97 Å². The van der Waals surface area contributed by atoms with Crippen LogP contribution >= 0.6 is 0 Å². The second-order valence-electron chi connectivity index (χ2n) is 8.46. The highest BCUT2D eigenvalue weighted by molar-refractivity contribution is 5.95. The van der Waals surface area contributed by atoms with Crippen LogP contribution in [0.4, 0.5) is 11.8 Å². The molecule has 11 heteroatoms. The van der Waals surface area contributed by atoms with Crippen molar-refractivity contribution in [1.29, 1.82) is 0 Å². The second-order valence-corrected chi connectivity index (χ2v) is 8.46. The average molecular weight is 447 g/mol. The first-order valence-corrected chi connectivity index (χ1v) is 10.8. The van der Waals surface area contributed by atoms with Gasteiger partial charge in [0.25, 0.3) is 5.91 Å². The van der Waals surface area contributed by atoms with E-state index in [1.165, 1.54) is 0 Å². The van der Waals surface area contributed by atoms with Crippen LogP contribution in [0.3, 0.4) is 0 Å². The van der Waals surface area contributed by atoms with E-state index in [0.717, 1.165) is 34.0 Å². The smallest absolute Gasteiger partial charge is 0.271 e. The van der Waals surface area contributed by atoms with E-state index in [4.69, 9.17) is 4.98 Å². The number of amides is 1. The maximum Gasteiger partial charge on any atom is 0.271 e. The molecule has 4 aromatic rings. The van der Waals surface area contributed by atoms with Crippen molar-refractivity contribution in [3.8, 4) is 11.3 Å². The molecule has 33 heavy (non-hydrogen) atoms. The summed E-state index contributed by atoms with van der Waals surface area (Å²) in [6, 6.07) is 3.79. The summed E-state index contributed by atoms with van der Waals surface area (Å²) in [4.78, 5) is 25.9. The number of hydrogen-bond donors (Lipinski definition) is 1. The summed E-state index contributed by atoms with van der Waals surface area (Å²) in [5, 5.41) is 16.1. The molecule has 0 radical (unpaired) electrons. The molecule has 0 aromatic carbocycles. The number of carbonyl (C=O) groups excluding carboxylic acids is 1. The second kappa shape index (κ2) is 7.84. The number of aryl methyl sites for hydroxylation is 4. The van der Waals surface area contributed by atoms with Crippen LogP contribution in [0.25, 0.3) is 11.3 Å². The topological polar surface area (TPSA) is 112 Å². The lowest BCUT2D eigenvalue weighted by Crippen LogP contribution is -2.45. The molecule has 0 bridgehead atoms. The highest BCUT2D eigenvalue weighted by Gasteiger charge is 2.32. The first kappa shape index (κ1) is 20.9. The van der Waals surface area contributed by atoms with Crippen molar-refractivity contribution >= 4 is 17.7 Å². The predicted molar refractivity (Wildman–Crippen MR) is 122 cm³/mol. The molecule has 11 nitrogen and oxygen atoms in total. The van der Waals surface area contributed by atoms with Crippen molar-refractivity contribution < 1.29 is 4.79 Å². The quantitative estimate of drug-likeness (QED) is 0.500. The van der Waals surface area contributed by atoms with Gasteiger partial charge >= 0.3 is 0 Å². The maximum atomic E-state index is 13.4. The molecule has 0 saturated carbocycles. The summed E-state index contributed by atoms with van der Waals surface area (Å²) < 4.78 is 3.73. The van der Waals surface area contributed by atoms with Crippen molar-refractivity contribution in [3.05, 3.63) is 53.4 Å². The third kappa shape index (κ3) is 3.75. The van der Waals surface area contributed by atoms with Gasteiger partial charge in [-0.05, 0) is 32.4 Å². The summed E-state index contributed by atoms with van der Waals surface area (Å²) >= 11 is 0. The van der Waals surface area contributed by atoms with Crippen LogP contribution in [0.5, 0.6) is 0 Å². The lowest BCUT2D eigenvalue weighted by Gasteiger charge is -2.34. The van der Waals surface area contributed by atoms with Gasteiger partial charge in [0, 0.05) is 50.7 Å². The van der Waals surface area contributed by atoms with E-state index in [2.05, 4.69) is 32.5 Å². The molecular weight excluding hydrogens is 420 g/mol. The van der Waals surface area contributed by atoms with Crippen LogP contribution in [-0.2, 0) is 27.2 Å². The molecule has 1 N–H and O–H groups in total. The Morgan fingerprint density at radius 3 is 2.73 bits per heavy atom. The number of nitrogens with zero attached hydrogens (tertiary/aromatic N) is 9. The van der Waals surface area contributed by atoms with Gasteiger partial charge in [0.05, 0.1) is 24.1 Å². The molecule has 5 rings (SSSR count). The lowest BCUT2D eigenvalue weighted by molar-refractivity contribution is 0.0592. The number of aromatic nitrogens is 8. The monoisotopic (exact) mass is 446 g/mol. The Morgan fingerprint density at radius 2 is 2.03 bits per heavy atom. The number of nitrogens with one attached hydrogen (secondary N) is 1. The fourth-order valence-electron chi connectivity index (χ4n) is 4.19. The zero-order chi connectivity index (χ0) is 23.3. The minimum Gasteiger partial charge on any atom is -0.341 e. The molecule has 5 heterocycles. The normalized spacial score (nSPS) is 15.7. The number of carbonyl (C=O) groups is 1. The van der Waals surface area contributed by atoms with Gasteiger partial charge in [-0.1, -0.05) is 0 Å². The zero-order valence-corrected chi connectivity index (χ0v) is 19.3. The van der Waals surface area contributed by atoms with Gasteiger partial charge in [-0.3, -0.25) is 9.48 Å². The van der Waals surface area contributed by atoms with Crippen molar-refractivity contribution in [1.82, 2.24) is 44.2 Å². The van der Waals surface area contributed by atoms with Gasteiger partial charge in [0.15, 0.2) is 0 Å². The van der Waals surface area contributed by atoms with Gasteiger partial charge < -0.3 is 14.8 Å². The zero-order valence-electron chi connectivity index (χ0n) is 19.3. The molecule has 1 unspecified atom stereocenters. The van der Waals surface area contributed by atoms with Crippen LogP contribution in [0.15, 0.2) is 30.7 Å². The van der Waals surface area contributed by atoms with Crippen molar-refractivity contribution in [2.24, 2.45) is 14.1 Å². The largest absolute Gasteiger partial charge is 0.341 e. The molecule has 1 amide bonds. The van der Waals surface area contributed by atoms with Gasteiger partial charge in [0.2, 0.25) is 5.95 Å². The van der Waals surface area contributed by atoms with Crippen molar-refractivity contribution in [2.75, 3.05) is 5.32 Å². The highest BCUT2D eigenvalue weighted by Crippen LogP contribution is 2.29. The Kier molecular flexibility index (Phi) is 4.95. The Bertz CT molecular complexity index is 1350. The predicted octanol–water partition coefficient (Wildman–Crippen LogP) is 2.21. The van der Waals surface area contributed by atoms with Crippen LogP contribution < -0.4 is 5.32 Å². The van der Waals surface area contributed by atoms with Gasteiger partial charge in [-0.2, -0.15) is 20.1 Å². The summed E-state index contributed by atoms with van der Waals surface area (Å²) in [6.45, 7) is 7.07. The molecule has 1 aliphatic heterocycles. The summed E-state index contributed by atoms with van der Waals surface area (Å²) in [5.41, 5.74) is 4.90. The summed E-state index contributed by atoms with van der Waals surface area (Å²) in [7, 11) is 3.64. The number of rotatable bonds is 5. The summed E-state index contributed by atoms with van der Waals surface area (Å²) in [6.07, 6.45) is 5.49. The molecule has 1 atom stereocenters. The number of fused-ring (bicyclic) bond motifs is 1. The maximum absolute atomic E-state index is 13.4. The standard InChI is InChI=1S/C22H26N10O/c1-13-9-23-22(25-19-6-7-24-29(19)4)26-20(13)16-8-18-21(33)32(14(2)10-31(18)11-16)12-17-15(3)27-30(5)28-17/h6-9,11,14H,10,12H2,1-5H3,(H,23,25,26). The molecule has 0 fully saturated rings.